The summed E-state index contributed by atoms with van der Waals surface area (Å²) in [6.45, 7) is 4.16. The molecule has 4 rings (SSSR count). The monoisotopic (exact) mass is 346 g/mol. The lowest BCUT2D eigenvalue weighted by molar-refractivity contribution is 0.357. The van der Waals surface area contributed by atoms with E-state index in [1.165, 1.54) is 5.56 Å². The summed E-state index contributed by atoms with van der Waals surface area (Å²) in [5, 5.41) is 10.2. The van der Waals surface area contributed by atoms with Crippen LogP contribution in [0.3, 0.4) is 0 Å². The second-order valence-electron chi connectivity index (χ2n) is 5.79. The van der Waals surface area contributed by atoms with Gasteiger partial charge in [0.2, 0.25) is 5.95 Å². The lowest BCUT2D eigenvalue weighted by Gasteiger charge is -2.10. The lowest BCUT2D eigenvalue weighted by atomic mass is 10.1. The Morgan fingerprint density at radius 1 is 1.00 bits per heavy atom. The molecule has 2 heterocycles. The first-order valence-electron chi connectivity index (χ1n) is 8.25. The van der Waals surface area contributed by atoms with Crippen molar-refractivity contribution in [3.8, 4) is 5.75 Å². The van der Waals surface area contributed by atoms with Crippen LogP contribution in [0.4, 0.5) is 28.8 Å². The van der Waals surface area contributed by atoms with Crippen LogP contribution in [0.15, 0.2) is 59.8 Å². The predicted molar refractivity (Wildman–Crippen MR) is 104 cm³/mol. The molecule has 0 saturated heterocycles. The number of aromatic nitrogens is 2. The van der Waals surface area contributed by atoms with Gasteiger partial charge in [0.1, 0.15) is 11.6 Å². The molecule has 2 aromatic carbocycles. The summed E-state index contributed by atoms with van der Waals surface area (Å²) in [6.07, 6.45) is 2.64. The first-order chi connectivity index (χ1) is 12.8. The number of anilines is 5. The standard InChI is InChI=1S/C19H18N6O/c1-20-25-16-4-2-3-14(12-16)22-18-7-9-21-19(24-18)23-15-5-6-17-13(11-15)8-10-26-17/h2-7,9,11-12,25H,1,8,10H2,(H2,21,22,23,24). The van der Waals surface area contributed by atoms with Crippen LogP contribution < -0.4 is 20.8 Å². The maximum absolute atomic E-state index is 5.53. The Hall–Kier alpha value is -3.61. The fourth-order valence-electron chi connectivity index (χ4n) is 2.79. The Morgan fingerprint density at radius 2 is 1.88 bits per heavy atom. The molecule has 0 spiro atoms. The molecule has 0 saturated carbocycles. The van der Waals surface area contributed by atoms with Gasteiger partial charge in [-0.3, -0.25) is 5.43 Å². The van der Waals surface area contributed by atoms with Crippen LogP contribution in [0.5, 0.6) is 5.75 Å². The molecule has 1 aromatic heterocycles. The highest BCUT2D eigenvalue weighted by Crippen LogP contribution is 2.29. The molecule has 0 atom stereocenters. The van der Waals surface area contributed by atoms with Crippen molar-refractivity contribution < 1.29 is 4.74 Å². The molecule has 1 aliphatic rings. The number of nitrogens with one attached hydrogen (secondary N) is 3. The molecule has 0 radical (unpaired) electrons. The average molecular weight is 346 g/mol. The predicted octanol–water partition coefficient (Wildman–Crippen LogP) is 3.93. The number of nitrogens with zero attached hydrogens (tertiary/aromatic N) is 3. The zero-order valence-electron chi connectivity index (χ0n) is 14.1. The third-order valence-corrected chi connectivity index (χ3v) is 3.94. The zero-order chi connectivity index (χ0) is 17.8. The summed E-state index contributed by atoms with van der Waals surface area (Å²) in [6, 6.07) is 15.5. The SMILES string of the molecule is C=NNc1cccc(Nc2ccnc(Nc3ccc4c(c3)CCO4)n2)c1. The third-order valence-electron chi connectivity index (χ3n) is 3.94. The number of hydrogen-bond donors (Lipinski definition) is 3. The Labute approximate surface area is 151 Å². The van der Waals surface area contributed by atoms with Gasteiger partial charge in [0.05, 0.1) is 12.3 Å². The van der Waals surface area contributed by atoms with Crippen LogP contribution in [-0.4, -0.2) is 23.3 Å². The van der Waals surface area contributed by atoms with E-state index in [0.29, 0.717) is 11.8 Å². The summed E-state index contributed by atoms with van der Waals surface area (Å²) in [7, 11) is 0. The minimum Gasteiger partial charge on any atom is -0.493 e. The van der Waals surface area contributed by atoms with Crippen LogP contribution in [0.25, 0.3) is 0 Å². The molecule has 0 aliphatic carbocycles. The van der Waals surface area contributed by atoms with Crippen LogP contribution >= 0.6 is 0 Å². The number of benzene rings is 2. The highest BCUT2D eigenvalue weighted by atomic mass is 16.5. The highest BCUT2D eigenvalue weighted by Gasteiger charge is 2.12. The van der Waals surface area contributed by atoms with E-state index in [4.69, 9.17) is 4.74 Å². The van der Waals surface area contributed by atoms with Crippen molar-refractivity contribution >= 4 is 35.5 Å². The number of ether oxygens (including phenoxy) is 1. The molecule has 1 aliphatic heterocycles. The van der Waals surface area contributed by atoms with Crippen LogP contribution in [-0.2, 0) is 6.42 Å². The molecule has 0 unspecified atom stereocenters. The van der Waals surface area contributed by atoms with Crippen molar-refractivity contribution in [2.45, 2.75) is 6.42 Å². The number of hydrazone groups is 1. The van der Waals surface area contributed by atoms with Crippen LogP contribution in [0.1, 0.15) is 5.56 Å². The maximum atomic E-state index is 5.53. The molecule has 3 aromatic rings. The highest BCUT2D eigenvalue weighted by molar-refractivity contribution is 5.64. The molecule has 3 N–H and O–H groups in total. The van der Waals surface area contributed by atoms with E-state index in [0.717, 1.165) is 35.8 Å². The summed E-state index contributed by atoms with van der Waals surface area (Å²) in [5.74, 6) is 2.17. The summed E-state index contributed by atoms with van der Waals surface area (Å²) < 4.78 is 5.53. The lowest BCUT2D eigenvalue weighted by Crippen LogP contribution is -2.00. The molecule has 0 amide bonds. The molecular formula is C19H18N6O. The number of fused-ring (bicyclic) bond motifs is 1. The quantitative estimate of drug-likeness (QED) is 0.463. The molecule has 7 heteroatoms. The van der Waals surface area contributed by atoms with Crippen LogP contribution in [0.2, 0.25) is 0 Å². The van der Waals surface area contributed by atoms with E-state index in [-0.39, 0.29) is 0 Å². The van der Waals surface area contributed by atoms with Gasteiger partial charge in [0, 0.05) is 30.7 Å². The van der Waals surface area contributed by atoms with Gasteiger partial charge >= 0.3 is 0 Å². The first kappa shape index (κ1) is 15.9. The molecule has 7 nitrogen and oxygen atoms in total. The zero-order valence-corrected chi connectivity index (χ0v) is 14.1. The van der Waals surface area contributed by atoms with Gasteiger partial charge < -0.3 is 15.4 Å². The van der Waals surface area contributed by atoms with Crippen molar-refractivity contribution in [2.24, 2.45) is 5.10 Å². The average Bonchev–Trinajstić information content (AvgIpc) is 3.10. The Balaban J connectivity index is 1.50. The van der Waals surface area contributed by atoms with Gasteiger partial charge in [-0.25, -0.2) is 4.98 Å². The Kier molecular flexibility index (Phi) is 4.34. The minimum absolute atomic E-state index is 0.524. The summed E-state index contributed by atoms with van der Waals surface area (Å²) >= 11 is 0. The number of hydrogen-bond acceptors (Lipinski definition) is 7. The van der Waals surface area contributed by atoms with E-state index < -0.39 is 0 Å². The van der Waals surface area contributed by atoms with Crippen LogP contribution in [0, 0.1) is 0 Å². The molecule has 0 fully saturated rings. The maximum Gasteiger partial charge on any atom is 0.229 e. The largest absolute Gasteiger partial charge is 0.493 e. The number of rotatable bonds is 6. The first-order valence-corrected chi connectivity index (χ1v) is 8.25. The van der Waals surface area contributed by atoms with E-state index in [1.807, 2.05) is 42.5 Å². The van der Waals surface area contributed by atoms with E-state index in [2.05, 4.69) is 43.9 Å². The van der Waals surface area contributed by atoms with Crippen molar-refractivity contribution in [2.75, 3.05) is 22.7 Å². The molecule has 0 bridgehead atoms. The molecule has 26 heavy (non-hydrogen) atoms. The third kappa shape index (κ3) is 3.56. The second kappa shape index (κ2) is 7.10. The fourth-order valence-corrected chi connectivity index (χ4v) is 2.79. The summed E-state index contributed by atoms with van der Waals surface area (Å²) in [5.41, 5.74) is 6.69. The molecular weight excluding hydrogens is 328 g/mol. The smallest absolute Gasteiger partial charge is 0.229 e. The van der Waals surface area contributed by atoms with Gasteiger partial charge in [-0.1, -0.05) is 6.07 Å². The van der Waals surface area contributed by atoms with Gasteiger partial charge in [0.25, 0.3) is 0 Å². The summed E-state index contributed by atoms with van der Waals surface area (Å²) in [4.78, 5) is 8.80. The van der Waals surface area contributed by atoms with Gasteiger partial charge in [0.15, 0.2) is 0 Å². The molecule has 130 valence electrons. The fraction of sp³-hybridized carbons (Fsp3) is 0.105. The van der Waals surface area contributed by atoms with E-state index >= 15 is 0 Å². The van der Waals surface area contributed by atoms with Crippen molar-refractivity contribution in [1.82, 2.24) is 9.97 Å². The van der Waals surface area contributed by atoms with Gasteiger partial charge in [-0.2, -0.15) is 10.1 Å². The van der Waals surface area contributed by atoms with Gasteiger partial charge in [-0.05, 0) is 48.0 Å². The normalized spacial score (nSPS) is 12.0. The Bertz CT molecular complexity index is 943. The van der Waals surface area contributed by atoms with Crippen molar-refractivity contribution in [1.29, 1.82) is 0 Å². The minimum atomic E-state index is 0.524. The Morgan fingerprint density at radius 3 is 2.81 bits per heavy atom. The second-order valence-corrected chi connectivity index (χ2v) is 5.79. The topological polar surface area (TPSA) is 83.5 Å². The van der Waals surface area contributed by atoms with E-state index in [9.17, 15) is 0 Å². The van der Waals surface area contributed by atoms with E-state index in [1.54, 1.807) is 6.20 Å². The van der Waals surface area contributed by atoms with Crippen molar-refractivity contribution in [3.63, 3.8) is 0 Å². The van der Waals surface area contributed by atoms with Crippen molar-refractivity contribution in [3.05, 3.63) is 60.3 Å². The van der Waals surface area contributed by atoms with Gasteiger partial charge in [-0.15, -0.1) is 0 Å².